The Morgan fingerprint density at radius 1 is 1.02 bits per heavy atom. The summed E-state index contributed by atoms with van der Waals surface area (Å²) in [5, 5.41) is 8.94. The van der Waals surface area contributed by atoms with E-state index in [1.807, 2.05) is 0 Å². The minimum Gasteiger partial charge on any atom is -0.371 e. The molecule has 6 rings (SSSR count). The van der Waals surface area contributed by atoms with Crippen molar-refractivity contribution in [3.8, 4) is 11.8 Å². The van der Waals surface area contributed by atoms with Gasteiger partial charge in [-0.15, -0.1) is 0 Å². The predicted molar refractivity (Wildman–Crippen MR) is 173 cm³/mol. The Labute approximate surface area is 284 Å². The Kier molecular flexibility index (Phi) is 8.70. The number of fused-ring (bicyclic) bond motifs is 1. The van der Waals surface area contributed by atoms with Crippen LogP contribution in [-0.4, -0.2) is 63.3 Å². The van der Waals surface area contributed by atoms with Crippen LogP contribution >= 0.6 is 0 Å². The van der Waals surface area contributed by atoms with Crippen LogP contribution in [0.2, 0.25) is 0 Å². The number of carbonyl (C=O) groups excluding carboxylic acids is 5. The van der Waals surface area contributed by atoms with Crippen LogP contribution in [0.3, 0.4) is 0 Å². The van der Waals surface area contributed by atoms with Crippen LogP contribution in [0.5, 0.6) is 0 Å². The van der Waals surface area contributed by atoms with Crippen LogP contribution in [0.1, 0.15) is 71.4 Å². The molecule has 3 aliphatic rings. The van der Waals surface area contributed by atoms with Gasteiger partial charge in [0, 0.05) is 43.0 Å². The first-order valence-electron chi connectivity index (χ1n) is 15.7. The Hall–Kier alpha value is -5.96. The fraction of sp³-hybridized carbons (Fsp3) is 0.343. The van der Waals surface area contributed by atoms with Crippen LogP contribution in [0, 0.1) is 24.3 Å². The van der Waals surface area contributed by atoms with Gasteiger partial charge in [0.05, 0.1) is 35.0 Å². The lowest BCUT2D eigenvalue weighted by Crippen LogP contribution is -2.54. The summed E-state index contributed by atoms with van der Waals surface area (Å²) in [6.45, 7) is 11.4. The topological polar surface area (TPSA) is 138 Å². The first-order valence-corrected chi connectivity index (χ1v) is 15.7. The molecule has 0 spiro atoms. The van der Waals surface area contributed by atoms with Crippen molar-refractivity contribution in [3.05, 3.63) is 82.5 Å². The van der Waals surface area contributed by atoms with Crippen LogP contribution in [0.25, 0.3) is 4.85 Å². The highest BCUT2D eigenvalue weighted by Crippen LogP contribution is 2.38. The third-order valence-corrected chi connectivity index (χ3v) is 9.10. The Balaban J connectivity index is 1.07. The lowest BCUT2D eigenvalue weighted by molar-refractivity contribution is -0.137. The van der Waals surface area contributed by atoms with E-state index in [2.05, 4.69) is 37.3 Å². The maximum Gasteiger partial charge on any atom is 0.407 e. The zero-order chi connectivity index (χ0) is 36.0. The second-order valence-corrected chi connectivity index (χ2v) is 12.7. The highest BCUT2D eigenvalue weighted by atomic mass is 19.4. The largest absolute Gasteiger partial charge is 0.407 e. The lowest BCUT2D eigenvalue weighted by Gasteiger charge is -2.32. The number of nitrogens with zero attached hydrogens (tertiary/aromatic N) is 5. The number of hydrogen-bond donors (Lipinski definition) is 2. The van der Waals surface area contributed by atoms with Gasteiger partial charge >= 0.3 is 6.18 Å². The molecule has 12 nitrogen and oxygen atoms in total. The van der Waals surface area contributed by atoms with E-state index in [-0.39, 0.29) is 35.6 Å². The molecule has 1 aromatic heterocycles. The molecule has 2 aromatic carbocycles. The SMILES string of the molecule is [C-]#[N+]c1ccc(NC(=O)C(C)(C)n2cc(C#CC3CCN(c4ccc5c(c4)C(=O)N(C4CCC(=O)NC4=O)C5=O)CC3)cn2)cc1C(F)(F)F. The molecule has 5 amide bonds. The number of hydrogen-bond acceptors (Lipinski definition) is 7. The molecule has 0 saturated carbocycles. The van der Waals surface area contributed by atoms with E-state index in [1.165, 1.54) is 16.9 Å². The van der Waals surface area contributed by atoms with Gasteiger partial charge in [-0.3, -0.25) is 38.9 Å². The molecule has 4 heterocycles. The number of benzene rings is 2. The van der Waals surface area contributed by atoms with Gasteiger partial charge in [0.25, 0.3) is 17.7 Å². The van der Waals surface area contributed by atoms with E-state index in [4.69, 9.17) is 6.57 Å². The zero-order valence-corrected chi connectivity index (χ0v) is 26.9. The quantitative estimate of drug-likeness (QED) is 0.229. The smallest absolute Gasteiger partial charge is 0.371 e. The Morgan fingerprint density at radius 2 is 1.74 bits per heavy atom. The number of carbonyl (C=O) groups is 5. The molecule has 50 heavy (non-hydrogen) atoms. The van der Waals surface area contributed by atoms with Crippen LogP contribution in [0.15, 0.2) is 48.8 Å². The number of anilines is 2. The number of rotatable bonds is 5. The van der Waals surface area contributed by atoms with E-state index in [0.29, 0.717) is 31.5 Å². The molecule has 0 bridgehead atoms. The number of imide groups is 2. The predicted octanol–water partition coefficient (Wildman–Crippen LogP) is 4.50. The fourth-order valence-corrected chi connectivity index (χ4v) is 6.14. The summed E-state index contributed by atoms with van der Waals surface area (Å²) in [7, 11) is 0. The number of nitrogens with one attached hydrogen (secondary N) is 2. The van der Waals surface area contributed by atoms with Crippen LogP contribution < -0.4 is 15.5 Å². The number of amides is 5. The number of aromatic nitrogens is 2. The monoisotopic (exact) mass is 685 g/mol. The van der Waals surface area contributed by atoms with Crippen molar-refractivity contribution in [2.75, 3.05) is 23.3 Å². The van der Waals surface area contributed by atoms with Gasteiger partial charge in [-0.25, -0.2) is 4.85 Å². The second-order valence-electron chi connectivity index (χ2n) is 12.7. The summed E-state index contributed by atoms with van der Waals surface area (Å²) in [6.07, 6.45) is -0.0995. The molecule has 1 atom stereocenters. The van der Waals surface area contributed by atoms with E-state index >= 15 is 0 Å². The van der Waals surface area contributed by atoms with Gasteiger partial charge < -0.3 is 10.2 Å². The van der Waals surface area contributed by atoms with Crippen LogP contribution in [-0.2, 0) is 26.1 Å². The van der Waals surface area contributed by atoms with Crippen molar-refractivity contribution in [2.24, 2.45) is 5.92 Å². The van der Waals surface area contributed by atoms with E-state index < -0.39 is 58.5 Å². The van der Waals surface area contributed by atoms with Gasteiger partial charge in [0.2, 0.25) is 11.8 Å². The van der Waals surface area contributed by atoms with Crippen molar-refractivity contribution in [2.45, 2.75) is 57.3 Å². The second kappa shape index (κ2) is 12.8. The van der Waals surface area contributed by atoms with Crippen molar-refractivity contribution in [3.63, 3.8) is 0 Å². The van der Waals surface area contributed by atoms with Crippen molar-refractivity contribution in [1.29, 1.82) is 0 Å². The standard InChI is InChI=1S/C35H30F3N7O5/c1-34(2,33(50)41-22-6-9-27(39-3)26(16-22)35(36,37)38)44-19-21(18-40-44)5-4-20-12-14-43(15-13-20)23-7-8-24-25(17-23)32(49)45(31(24)48)28-10-11-29(46)42-30(28)47/h6-9,16-20,28H,10-15H2,1-2H3,(H,41,50)(H,42,46,47). The van der Waals surface area contributed by atoms with Crippen LogP contribution in [0.4, 0.5) is 30.2 Å². The first kappa shape index (κ1) is 33.9. The summed E-state index contributed by atoms with van der Waals surface area (Å²) in [5.74, 6) is 3.57. The summed E-state index contributed by atoms with van der Waals surface area (Å²) in [5.41, 5.74) is -1.33. The first-order chi connectivity index (χ1) is 23.7. The average molecular weight is 686 g/mol. The molecular weight excluding hydrogens is 655 g/mol. The van der Waals surface area contributed by atoms with Gasteiger partial charge in [-0.1, -0.05) is 17.9 Å². The third kappa shape index (κ3) is 6.42. The summed E-state index contributed by atoms with van der Waals surface area (Å²) < 4.78 is 41.5. The summed E-state index contributed by atoms with van der Waals surface area (Å²) in [4.78, 5) is 69.2. The number of piperidine rings is 2. The molecular formula is C35H30F3N7O5. The van der Waals surface area contributed by atoms with Crippen molar-refractivity contribution >= 4 is 46.6 Å². The average Bonchev–Trinajstić information content (AvgIpc) is 3.66. The third-order valence-electron chi connectivity index (χ3n) is 9.10. The lowest BCUT2D eigenvalue weighted by atomic mass is 9.96. The molecule has 3 aromatic rings. The molecule has 3 aliphatic heterocycles. The van der Waals surface area contributed by atoms with Crippen molar-refractivity contribution < 1.29 is 37.1 Å². The minimum absolute atomic E-state index is 0.0453. The maximum absolute atomic E-state index is 13.4. The molecule has 2 N–H and O–H groups in total. The summed E-state index contributed by atoms with van der Waals surface area (Å²) >= 11 is 0. The van der Waals surface area contributed by atoms with E-state index in [9.17, 15) is 37.1 Å². The molecule has 2 saturated heterocycles. The fourth-order valence-electron chi connectivity index (χ4n) is 6.14. The molecule has 2 fully saturated rings. The molecule has 256 valence electrons. The number of alkyl halides is 3. The molecule has 15 heteroatoms. The van der Waals surface area contributed by atoms with E-state index in [1.54, 1.807) is 38.2 Å². The normalized spacial score (nSPS) is 18.3. The van der Waals surface area contributed by atoms with E-state index in [0.717, 1.165) is 22.7 Å². The molecule has 1 unspecified atom stereocenters. The maximum atomic E-state index is 13.4. The number of halogens is 3. The Bertz CT molecular complexity index is 2040. The minimum atomic E-state index is -4.75. The zero-order valence-electron chi connectivity index (χ0n) is 26.9. The van der Waals surface area contributed by atoms with Crippen molar-refractivity contribution in [1.82, 2.24) is 20.0 Å². The highest BCUT2D eigenvalue weighted by molar-refractivity contribution is 6.23. The molecule has 0 aliphatic carbocycles. The van der Waals surface area contributed by atoms with Gasteiger partial charge in [-0.2, -0.15) is 18.3 Å². The van der Waals surface area contributed by atoms with Gasteiger partial charge in [-0.05, 0) is 63.4 Å². The van der Waals surface area contributed by atoms with Gasteiger partial charge in [0.15, 0.2) is 5.69 Å². The summed E-state index contributed by atoms with van der Waals surface area (Å²) in [6, 6.07) is 6.98. The van der Waals surface area contributed by atoms with Gasteiger partial charge in [0.1, 0.15) is 11.6 Å². The Morgan fingerprint density at radius 3 is 2.42 bits per heavy atom. The highest BCUT2D eigenvalue weighted by Gasteiger charge is 2.45. The molecule has 0 radical (unpaired) electrons.